The number of nitrogens with zero attached hydrogens (tertiary/aromatic N) is 2. The number of carbonyl (C=O) groups excluding carboxylic acids is 1. The van der Waals surface area contributed by atoms with Crippen molar-refractivity contribution in [3.8, 4) is 0 Å². The van der Waals surface area contributed by atoms with Crippen LogP contribution in [0.1, 0.15) is 31.9 Å². The highest BCUT2D eigenvalue weighted by molar-refractivity contribution is 6.74. The molecule has 2 rings (SSSR count). The molecule has 0 unspecified atom stereocenters. The van der Waals surface area contributed by atoms with Gasteiger partial charge in [-0.25, -0.2) is 4.79 Å². The molecule has 0 radical (unpaired) electrons. The Labute approximate surface area is 152 Å². The van der Waals surface area contributed by atoms with Gasteiger partial charge in [-0.05, 0) is 39.3 Å². The van der Waals surface area contributed by atoms with E-state index in [4.69, 9.17) is 10.5 Å². The first-order chi connectivity index (χ1) is 11.9. The molecule has 0 atom stereocenters. The first kappa shape index (κ1) is 20.4. The van der Waals surface area contributed by atoms with Crippen LogP contribution in [0.2, 0.25) is 0 Å². The van der Waals surface area contributed by atoms with E-state index in [1.807, 2.05) is 4.90 Å². The molecule has 0 aliphatic carbocycles. The standard InChI is InChI=1S/C17H26BF3N3O2/c1-12-13(11-22)9-14(10-15(12)18(19,20)21)23-5-7-24(8-6-23)16(25)26-17(2,3)4/h9-10H,5-8,11,22H2,1-4H3/q-1. The minimum atomic E-state index is -5.11. The minimum Gasteiger partial charge on any atom is -0.445 e. The lowest BCUT2D eigenvalue weighted by Gasteiger charge is -2.37. The van der Waals surface area contributed by atoms with Crippen LogP contribution in [0.3, 0.4) is 0 Å². The Kier molecular flexibility index (Phi) is 5.80. The zero-order chi connectivity index (χ0) is 19.7. The van der Waals surface area contributed by atoms with E-state index in [0.717, 1.165) is 0 Å². The normalized spacial score (nSPS) is 16.0. The molecular formula is C17H26BF3N3O2-. The molecule has 1 aromatic rings. The molecule has 146 valence electrons. The lowest BCUT2D eigenvalue weighted by atomic mass is 9.75. The molecule has 1 heterocycles. The molecule has 0 saturated carbocycles. The fraction of sp³-hybridized carbons (Fsp3) is 0.588. The molecule has 1 aromatic carbocycles. The van der Waals surface area contributed by atoms with Gasteiger partial charge >= 0.3 is 13.1 Å². The SMILES string of the molecule is Cc1c(CN)cc(N2CCN(C(=O)OC(C)(C)C)CC2)cc1[B-](F)(F)F. The first-order valence-corrected chi connectivity index (χ1v) is 8.68. The van der Waals surface area contributed by atoms with Gasteiger partial charge in [0.05, 0.1) is 0 Å². The predicted molar refractivity (Wildman–Crippen MR) is 97.8 cm³/mol. The number of halogens is 3. The van der Waals surface area contributed by atoms with Crippen molar-refractivity contribution in [1.82, 2.24) is 4.90 Å². The highest BCUT2D eigenvalue weighted by Gasteiger charge is 2.30. The molecule has 5 nitrogen and oxygen atoms in total. The van der Waals surface area contributed by atoms with Gasteiger partial charge in [0.2, 0.25) is 0 Å². The number of hydrogen-bond donors (Lipinski definition) is 1. The van der Waals surface area contributed by atoms with Crippen LogP contribution in [0.5, 0.6) is 0 Å². The first-order valence-electron chi connectivity index (χ1n) is 8.68. The summed E-state index contributed by atoms with van der Waals surface area (Å²) in [4.78, 5) is 15.5. The number of anilines is 1. The third kappa shape index (κ3) is 4.84. The van der Waals surface area contributed by atoms with Crippen molar-refractivity contribution in [3.05, 3.63) is 23.3 Å². The summed E-state index contributed by atoms with van der Waals surface area (Å²) in [6.07, 6.45) is -0.400. The molecule has 1 fully saturated rings. The van der Waals surface area contributed by atoms with Gasteiger partial charge in [-0.3, -0.25) is 0 Å². The van der Waals surface area contributed by atoms with E-state index >= 15 is 0 Å². The highest BCUT2D eigenvalue weighted by atomic mass is 19.4. The molecule has 1 amide bonds. The van der Waals surface area contributed by atoms with Crippen LogP contribution in [-0.4, -0.2) is 49.8 Å². The van der Waals surface area contributed by atoms with Crippen molar-refractivity contribution in [2.75, 3.05) is 31.1 Å². The Balaban J connectivity index is 2.15. The van der Waals surface area contributed by atoms with Crippen molar-refractivity contribution in [1.29, 1.82) is 0 Å². The predicted octanol–water partition coefficient (Wildman–Crippen LogP) is 2.57. The summed E-state index contributed by atoms with van der Waals surface area (Å²) in [5.41, 5.74) is 5.63. The van der Waals surface area contributed by atoms with Gasteiger partial charge in [-0.2, -0.15) is 0 Å². The second kappa shape index (κ2) is 7.38. The largest absolute Gasteiger partial charge is 0.509 e. The van der Waals surface area contributed by atoms with Crippen molar-refractivity contribution >= 4 is 24.2 Å². The summed E-state index contributed by atoms with van der Waals surface area (Å²) < 4.78 is 45.5. The van der Waals surface area contributed by atoms with E-state index in [-0.39, 0.29) is 12.1 Å². The maximum Gasteiger partial charge on any atom is 0.509 e. The Morgan fingerprint density at radius 3 is 2.23 bits per heavy atom. The topological polar surface area (TPSA) is 58.8 Å². The zero-order valence-electron chi connectivity index (χ0n) is 15.7. The minimum absolute atomic E-state index is 0.0523. The number of amides is 1. The molecule has 26 heavy (non-hydrogen) atoms. The number of benzene rings is 1. The lowest BCUT2D eigenvalue weighted by molar-refractivity contribution is 0.0240. The van der Waals surface area contributed by atoms with Crippen LogP contribution in [0.25, 0.3) is 0 Å². The zero-order valence-corrected chi connectivity index (χ0v) is 15.7. The summed E-state index contributed by atoms with van der Waals surface area (Å²) in [6, 6.07) is 2.90. The molecule has 0 spiro atoms. The van der Waals surface area contributed by atoms with E-state index in [0.29, 0.717) is 37.4 Å². The molecule has 1 aliphatic rings. The van der Waals surface area contributed by atoms with Crippen LogP contribution in [0.4, 0.5) is 23.4 Å². The number of ether oxygens (including phenoxy) is 1. The third-order valence-electron chi connectivity index (χ3n) is 4.41. The van der Waals surface area contributed by atoms with Crippen molar-refractivity contribution in [2.45, 2.75) is 39.8 Å². The highest BCUT2D eigenvalue weighted by Crippen LogP contribution is 2.24. The molecular weight excluding hydrogens is 346 g/mol. The smallest absolute Gasteiger partial charge is 0.445 e. The molecule has 0 aromatic heterocycles. The van der Waals surface area contributed by atoms with Crippen molar-refractivity contribution in [3.63, 3.8) is 0 Å². The second-order valence-electron chi connectivity index (χ2n) is 7.55. The Hall–Kier alpha value is -1.90. The summed E-state index contributed by atoms with van der Waals surface area (Å²) in [6.45, 7) is 3.45. The fourth-order valence-corrected chi connectivity index (χ4v) is 2.99. The maximum absolute atomic E-state index is 13.4. The molecule has 0 bridgehead atoms. The van der Waals surface area contributed by atoms with E-state index in [1.165, 1.54) is 13.0 Å². The van der Waals surface area contributed by atoms with Gasteiger partial charge in [0, 0.05) is 38.4 Å². The Morgan fingerprint density at radius 1 is 1.19 bits per heavy atom. The van der Waals surface area contributed by atoms with Crippen molar-refractivity contribution in [2.24, 2.45) is 5.73 Å². The summed E-state index contributed by atoms with van der Waals surface area (Å²) in [7, 11) is 0. The van der Waals surface area contributed by atoms with Gasteiger partial charge in [-0.1, -0.05) is 11.6 Å². The summed E-state index contributed by atoms with van der Waals surface area (Å²) in [5.74, 6) is 0. The monoisotopic (exact) mass is 372 g/mol. The summed E-state index contributed by atoms with van der Waals surface area (Å²) in [5, 5.41) is 0. The maximum atomic E-state index is 13.4. The van der Waals surface area contributed by atoms with Gasteiger partial charge in [0.25, 0.3) is 0 Å². The van der Waals surface area contributed by atoms with Crippen LogP contribution in [0.15, 0.2) is 12.1 Å². The molecule has 1 saturated heterocycles. The van der Waals surface area contributed by atoms with Gasteiger partial charge in [0.1, 0.15) is 5.60 Å². The average Bonchev–Trinajstić information content (AvgIpc) is 2.52. The summed E-state index contributed by atoms with van der Waals surface area (Å²) >= 11 is 0. The second-order valence-corrected chi connectivity index (χ2v) is 7.55. The van der Waals surface area contributed by atoms with E-state index in [2.05, 4.69) is 0 Å². The molecule has 1 aliphatic heterocycles. The number of hydrogen-bond acceptors (Lipinski definition) is 4. The molecule has 2 N–H and O–H groups in total. The van der Waals surface area contributed by atoms with E-state index < -0.39 is 24.1 Å². The number of nitrogens with two attached hydrogens (primary N) is 1. The number of piperazine rings is 1. The van der Waals surface area contributed by atoms with Crippen LogP contribution in [-0.2, 0) is 11.3 Å². The van der Waals surface area contributed by atoms with Gasteiger partial charge in [-0.15, -0.1) is 5.46 Å². The third-order valence-corrected chi connectivity index (χ3v) is 4.41. The van der Waals surface area contributed by atoms with Crippen LogP contribution in [0, 0.1) is 6.92 Å². The Bertz CT molecular complexity index is 666. The van der Waals surface area contributed by atoms with E-state index in [1.54, 1.807) is 31.7 Å². The number of carbonyl (C=O) groups is 1. The van der Waals surface area contributed by atoms with Crippen LogP contribution < -0.4 is 16.1 Å². The lowest BCUT2D eigenvalue weighted by Crippen LogP contribution is -2.50. The quantitative estimate of drug-likeness (QED) is 0.829. The van der Waals surface area contributed by atoms with Gasteiger partial charge < -0.3 is 33.2 Å². The number of rotatable bonds is 3. The van der Waals surface area contributed by atoms with Crippen molar-refractivity contribution < 1.29 is 22.5 Å². The Morgan fingerprint density at radius 2 is 1.77 bits per heavy atom. The van der Waals surface area contributed by atoms with Crippen LogP contribution >= 0.6 is 0 Å². The molecule has 9 heteroatoms. The fourth-order valence-electron chi connectivity index (χ4n) is 2.99. The van der Waals surface area contributed by atoms with Gasteiger partial charge in [0.15, 0.2) is 0 Å². The average molecular weight is 372 g/mol. The van der Waals surface area contributed by atoms with E-state index in [9.17, 15) is 17.7 Å².